The van der Waals surface area contributed by atoms with Gasteiger partial charge in [-0.25, -0.2) is 4.68 Å². The van der Waals surface area contributed by atoms with E-state index in [9.17, 15) is 4.79 Å². The first kappa shape index (κ1) is 14.6. The molecule has 2 aromatic rings. The van der Waals surface area contributed by atoms with Crippen molar-refractivity contribution in [3.63, 3.8) is 0 Å². The number of ether oxygens (including phenoxy) is 1. The van der Waals surface area contributed by atoms with Crippen LogP contribution in [0.15, 0.2) is 24.3 Å². The first-order chi connectivity index (χ1) is 10.6. The number of benzene rings is 1. The van der Waals surface area contributed by atoms with E-state index in [1.54, 1.807) is 7.11 Å². The molecule has 1 N–H and O–H groups in total. The third kappa shape index (κ3) is 2.47. The van der Waals surface area contributed by atoms with Crippen molar-refractivity contribution >= 4 is 11.6 Å². The summed E-state index contributed by atoms with van der Waals surface area (Å²) in [6.07, 6.45) is 1.46. The molecule has 1 heterocycles. The Morgan fingerprint density at radius 2 is 2.05 bits per heavy atom. The molecule has 0 radical (unpaired) electrons. The summed E-state index contributed by atoms with van der Waals surface area (Å²) in [4.78, 5) is 12.4. The SMILES string of the molecule is CCNc1nn(-c2ccc(OC)cc2)c2c1C(=O)C[C@H](C)C2. The number of nitrogens with zero attached hydrogens (tertiary/aromatic N) is 2. The number of anilines is 1. The molecule has 0 aliphatic heterocycles. The number of carbonyl (C=O) groups is 1. The first-order valence-electron chi connectivity index (χ1n) is 7.67. The molecular formula is C17H21N3O2. The highest BCUT2D eigenvalue weighted by Gasteiger charge is 2.30. The number of aromatic nitrogens is 2. The van der Waals surface area contributed by atoms with Crippen LogP contribution in [0, 0.1) is 5.92 Å². The molecule has 0 unspecified atom stereocenters. The molecule has 0 saturated heterocycles. The van der Waals surface area contributed by atoms with Crippen LogP contribution in [-0.2, 0) is 6.42 Å². The molecular weight excluding hydrogens is 278 g/mol. The molecule has 1 aromatic heterocycles. The second-order valence-electron chi connectivity index (χ2n) is 5.75. The van der Waals surface area contributed by atoms with Crippen LogP contribution in [0.5, 0.6) is 5.75 Å². The van der Waals surface area contributed by atoms with E-state index >= 15 is 0 Å². The molecule has 22 heavy (non-hydrogen) atoms. The molecule has 0 amide bonds. The van der Waals surface area contributed by atoms with E-state index in [2.05, 4.69) is 17.3 Å². The van der Waals surface area contributed by atoms with Gasteiger partial charge in [0.25, 0.3) is 0 Å². The highest BCUT2D eigenvalue weighted by Crippen LogP contribution is 2.32. The molecule has 0 fully saturated rings. The standard InChI is InChI=1S/C17H21N3O2/c1-4-18-17-16-14(9-11(2)10-15(16)21)20(19-17)12-5-7-13(22-3)8-6-12/h5-8,11H,4,9-10H2,1-3H3,(H,18,19)/t11-/m1/s1. The summed E-state index contributed by atoms with van der Waals surface area (Å²) in [5.74, 6) is 2.04. The van der Waals surface area contributed by atoms with Crippen LogP contribution < -0.4 is 10.1 Å². The average molecular weight is 299 g/mol. The molecule has 3 rings (SSSR count). The quantitative estimate of drug-likeness (QED) is 0.942. The number of Topliss-reactive ketones (excluding diaryl/α,β-unsaturated/α-hetero) is 1. The molecule has 0 saturated carbocycles. The Hall–Kier alpha value is -2.30. The lowest BCUT2D eigenvalue weighted by molar-refractivity contribution is 0.0953. The highest BCUT2D eigenvalue weighted by molar-refractivity contribution is 6.02. The third-order valence-electron chi connectivity index (χ3n) is 4.00. The average Bonchev–Trinajstić information content (AvgIpc) is 2.86. The van der Waals surface area contributed by atoms with Crippen LogP contribution in [0.25, 0.3) is 5.69 Å². The summed E-state index contributed by atoms with van der Waals surface area (Å²) in [7, 11) is 1.65. The number of nitrogens with one attached hydrogen (secondary N) is 1. The van der Waals surface area contributed by atoms with Crippen molar-refractivity contribution in [3.05, 3.63) is 35.5 Å². The van der Waals surface area contributed by atoms with E-state index < -0.39 is 0 Å². The van der Waals surface area contributed by atoms with E-state index in [-0.39, 0.29) is 5.78 Å². The Bertz CT molecular complexity index is 689. The molecule has 5 heteroatoms. The van der Waals surface area contributed by atoms with Crippen molar-refractivity contribution in [2.24, 2.45) is 5.92 Å². The van der Waals surface area contributed by atoms with E-state index in [4.69, 9.17) is 4.74 Å². The van der Waals surface area contributed by atoms with E-state index in [0.717, 1.165) is 35.7 Å². The Morgan fingerprint density at radius 1 is 1.32 bits per heavy atom. The summed E-state index contributed by atoms with van der Waals surface area (Å²) in [5, 5.41) is 7.85. The molecule has 0 spiro atoms. The van der Waals surface area contributed by atoms with Gasteiger partial charge in [0.2, 0.25) is 0 Å². The Kier molecular flexibility index (Phi) is 3.88. The molecule has 1 aliphatic rings. The van der Waals surface area contributed by atoms with Gasteiger partial charge in [0, 0.05) is 13.0 Å². The molecule has 1 atom stereocenters. The lowest BCUT2D eigenvalue weighted by Gasteiger charge is -2.19. The number of carbonyl (C=O) groups excluding carboxylic acids is 1. The summed E-state index contributed by atoms with van der Waals surface area (Å²) in [6.45, 7) is 4.86. The largest absolute Gasteiger partial charge is 0.497 e. The minimum absolute atomic E-state index is 0.185. The summed E-state index contributed by atoms with van der Waals surface area (Å²) < 4.78 is 7.09. The second-order valence-corrected chi connectivity index (χ2v) is 5.75. The summed E-state index contributed by atoms with van der Waals surface area (Å²) in [6, 6.07) is 7.74. The maximum Gasteiger partial charge on any atom is 0.168 e. The lowest BCUT2D eigenvalue weighted by Crippen LogP contribution is -2.20. The van der Waals surface area contributed by atoms with Crippen molar-refractivity contribution in [1.29, 1.82) is 0 Å². The van der Waals surface area contributed by atoms with Crippen LogP contribution in [0.2, 0.25) is 0 Å². The van der Waals surface area contributed by atoms with Gasteiger partial charge in [0.05, 0.1) is 24.1 Å². The zero-order chi connectivity index (χ0) is 15.7. The molecule has 0 bridgehead atoms. The Labute approximate surface area is 130 Å². The summed E-state index contributed by atoms with van der Waals surface area (Å²) >= 11 is 0. The predicted molar refractivity (Wildman–Crippen MR) is 86.1 cm³/mol. The highest BCUT2D eigenvalue weighted by atomic mass is 16.5. The smallest absolute Gasteiger partial charge is 0.168 e. The molecule has 1 aliphatic carbocycles. The monoisotopic (exact) mass is 299 g/mol. The number of rotatable bonds is 4. The second kappa shape index (κ2) is 5.83. The fourth-order valence-electron chi connectivity index (χ4n) is 2.98. The van der Waals surface area contributed by atoms with Gasteiger partial charge in [-0.1, -0.05) is 6.92 Å². The Balaban J connectivity index is 2.10. The normalized spacial score (nSPS) is 17.2. The van der Waals surface area contributed by atoms with Gasteiger partial charge >= 0.3 is 0 Å². The fourth-order valence-corrected chi connectivity index (χ4v) is 2.98. The van der Waals surface area contributed by atoms with Gasteiger partial charge in [-0.2, -0.15) is 0 Å². The van der Waals surface area contributed by atoms with Gasteiger partial charge in [0.1, 0.15) is 5.75 Å². The maximum absolute atomic E-state index is 12.4. The third-order valence-corrected chi connectivity index (χ3v) is 4.00. The van der Waals surface area contributed by atoms with Crippen molar-refractivity contribution in [3.8, 4) is 11.4 Å². The summed E-state index contributed by atoms with van der Waals surface area (Å²) in [5.41, 5.74) is 2.71. The lowest BCUT2D eigenvalue weighted by atomic mass is 9.88. The van der Waals surface area contributed by atoms with Crippen LogP contribution in [-0.4, -0.2) is 29.2 Å². The van der Waals surface area contributed by atoms with Gasteiger partial charge in [0.15, 0.2) is 11.6 Å². The van der Waals surface area contributed by atoms with Gasteiger partial charge in [-0.05, 0) is 43.5 Å². The Morgan fingerprint density at radius 3 is 2.68 bits per heavy atom. The van der Waals surface area contributed by atoms with Crippen LogP contribution in [0.4, 0.5) is 5.82 Å². The number of hydrogen-bond donors (Lipinski definition) is 1. The minimum atomic E-state index is 0.185. The van der Waals surface area contributed by atoms with Gasteiger partial charge in [-0.3, -0.25) is 4.79 Å². The fraction of sp³-hybridized carbons (Fsp3) is 0.412. The number of ketones is 1. The predicted octanol–water partition coefficient (Wildman–Crippen LogP) is 3.08. The van der Waals surface area contributed by atoms with Crippen LogP contribution in [0.1, 0.15) is 36.3 Å². The van der Waals surface area contributed by atoms with Crippen LogP contribution >= 0.6 is 0 Å². The van der Waals surface area contributed by atoms with Gasteiger partial charge in [-0.15, -0.1) is 5.10 Å². The van der Waals surface area contributed by atoms with Crippen molar-refractivity contribution in [1.82, 2.24) is 9.78 Å². The van der Waals surface area contributed by atoms with Crippen molar-refractivity contribution in [2.75, 3.05) is 19.0 Å². The van der Waals surface area contributed by atoms with E-state index in [0.29, 0.717) is 18.2 Å². The molecule has 1 aromatic carbocycles. The first-order valence-corrected chi connectivity index (χ1v) is 7.67. The van der Waals surface area contributed by atoms with Gasteiger partial charge < -0.3 is 10.1 Å². The minimum Gasteiger partial charge on any atom is -0.497 e. The van der Waals surface area contributed by atoms with E-state index in [1.165, 1.54) is 0 Å². The number of methoxy groups -OCH3 is 1. The van der Waals surface area contributed by atoms with Crippen molar-refractivity contribution in [2.45, 2.75) is 26.7 Å². The van der Waals surface area contributed by atoms with Crippen molar-refractivity contribution < 1.29 is 9.53 Å². The zero-order valence-electron chi connectivity index (χ0n) is 13.2. The molecule has 116 valence electrons. The number of hydrogen-bond acceptors (Lipinski definition) is 4. The topological polar surface area (TPSA) is 56.1 Å². The van der Waals surface area contributed by atoms with E-state index in [1.807, 2.05) is 35.9 Å². The molecule has 5 nitrogen and oxygen atoms in total. The number of fused-ring (bicyclic) bond motifs is 1. The van der Waals surface area contributed by atoms with Crippen LogP contribution in [0.3, 0.4) is 0 Å². The maximum atomic E-state index is 12.4. The zero-order valence-corrected chi connectivity index (χ0v) is 13.2.